The second-order valence-electron chi connectivity index (χ2n) is 4.08. The molecule has 0 aliphatic carbocycles. The van der Waals surface area contributed by atoms with Gasteiger partial charge in [0.2, 0.25) is 0 Å². The summed E-state index contributed by atoms with van der Waals surface area (Å²) in [4.78, 5) is 0. The van der Waals surface area contributed by atoms with Crippen molar-refractivity contribution < 1.29 is 9.13 Å². The molecule has 1 atom stereocenters. The fourth-order valence-corrected chi connectivity index (χ4v) is 1.50. The Hall–Kier alpha value is -0.640. The number of ether oxygens (including phenoxy) is 1. The van der Waals surface area contributed by atoms with E-state index in [1.165, 1.54) is 6.07 Å². The predicted molar refractivity (Wildman–Crippen MR) is 64.2 cm³/mol. The molecular weight excluding hydrogens is 229 g/mol. The van der Waals surface area contributed by atoms with E-state index in [9.17, 15) is 4.39 Å². The van der Waals surface area contributed by atoms with Crippen molar-refractivity contribution in [3.05, 3.63) is 34.6 Å². The highest BCUT2D eigenvalue weighted by Gasteiger charge is 2.09. The first-order valence-electron chi connectivity index (χ1n) is 5.30. The molecule has 0 radical (unpaired) electrons. The molecule has 2 nitrogen and oxygen atoms in total. The monoisotopic (exact) mass is 245 g/mol. The molecule has 4 heteroatoms. The maximum absolute atomic E-state index is 13.4. The van der Waals surface area contributed by atoms with Gasteiger partial charge in [-0.05, 0) is 38.0 Å². The minimum atomic E-state index is -0.313. The molecule has 0 fully saturated rings. The summed E-state index contributed by atoms with van der Waals surface area (Å²) in [5.74, 6) is -0.313. The number of hydrogen-bond acceptors (Lipinski definition) is 2. The highest BCUT2D eigenvalue weighted by Crippen LogP contribution is 2.15. The minimum Gasteiger partial charge on any atom is -0.377 e. The molecule has 0 aliphatic heterocycles. The molecule has 0 saturated heterocycles. The number of nitrogens with two attached hydrogens (primary N) is 1. The van der Waals surface area contributed by atoms with Gasteiger partial charge < -0.3 is 10.5 Å². The summed E-state index contributed by atoms with van der Waals surface area (Å²) in [5.41, 5.74) is 6.41. The number of benzene rings is 1. The van der Waals surface area contributed by atoms with Crippen LogP contribution in [0.4, 0.5) is 4.39 Å². The van der Waals surface area contributed by atoms with Crippen molar-refractivity contribution in [1.29, 1.82) is 0 Å². The van der Waals surface area contributed by atoms with Gasteiger partial charge in [0.1, 0.15) is 5.82 Å². The van der Waals surface area contributed by atoms with Gasteiger partial charge in [-0.15, -0.1) is 0 Å². The zero-order valence-electron chi connectivity index (χ0n) is 9.54. The van der Waals surface area contributed by atoms with Crippen LogP contribution >= 0.6 is 11.6 Å². The summed E-state index contributed by atoms with van der Waals surface area (Å²) in [5, 5.41) is 0.397. The van der Waals surface area contributed by atoms with Gasteiger partial charge in [-0.3, -0.25) is 0 Å². The fraction of sp³-hybridized carbons (Fsp3) is 0.500. The van der Waals surface area contributed by atoms with Crippen molar-refractivity contribution >= 4 is 11.6 Å². The molecule has 0 bridgehead atoms. The molecule has 0 heterocycles. The van der Waals surface area contributed by atoms with Crippen LogP contribution in [0.5, 0.6) is 0 Å². The largest absolute Gasteiger partial charge is 0.377 e. The molecule has 1 aromatic carbocycles. The fourth-order valence-electron chi connectivity index (χ4n) is 1.34. The molecule has 0 aliphatic rings. The second kappa shape index (κ2) is 6.18. The van der Waals surface area contributed by atoms with Gasteiger partial charge in [0, 0.05) is 11.1 Å². The maximum Gasteiger partial charge on any atom is 0.127 e. The van der Waals surface area contributed by atoms with Crippen LogP contribution in [0.3, 0.4) is 0 Å². The third-order valence-electron chi connectivity index (χ3n) is 2.14. The van der Waals surface area contributed by atoms with Gasteiger partial charge in [0.15, 0.2) is 0 Å². The van der Waals surface area contributed by atoms with Crippen LogP contribution in [0.25, 0.3) is 0 Å². The average molecular weight is 246 g/mol. The van der Waals surface area contributed by atoms with Crippen molar-refractivity contribution in [2.24, 2.45) is 5.73 Å². The van der Waals surface area contributed by atoms with Gasteiger partial charge in [-0.2, -0.15) is 0 Å². The standard InChI is InChI=1S/C12H17ClFNO/c1-8(2)16-7-11(15)5-9-3-4-10(13)6-12(9)14/h3-4,6,8,11H,5,7,15H2,1-2H3. The van der Waals surface area contributed by atoms with Gasteiger partial charge >= 0.3 is 0 Å². The molecule has 1 aromatic rings. The van der Waals surface area contributed by atoms with E-state index in [0.717, 1.165) is 0 Å². The highest BCUT2D eigenvalue weighted by molar-refractivity contribution is 6.30. The van der Waals surface area contributed by atoms with E-state index in [-0.39, 0.29) is 18.0 Å². The lowest BCUT2D eigenvalue weighted by Crippen LogP contribution is -2.30. The molecule has 2 N–H and O–H groups in total. The maximum atomic E-state index is 13.4. The van der Waals surface area contributed by atoms with E-state index in [0.29, 0.717) is 23.6 Å². The van der Waals surface area contributed by atoms with Gasteiger partial charge in [-0.1, -0.05) is 17.7 Å². The lowest BCUT2D eigenvalue weighted by molar-refractivity contribution is 0.0683. The zero-order valence-corrected chi connectivity index (χ0v) is 10.3. The van der Waals surface area contributed by atoms with Gasteiger partial charge in [-0.25, -0.2) is 4.39 Å². The molecule has 1 unspecified atom stereocenters. The molecule has 16 heavy (non-hydrogen) atoms. The molecule has 1 rings (SSSR count). The van der Waals surface area contributed by atoms with Crippen molar-refractivity contribution in [3.8, 4) is 0 Å². The quantitative estimate of drug-likeness (QED) is 0.866. The van der Waals surface area contributed by atoms with Crippen molar-refractivity contribution in [1.82, 2.24) is 0 Å². The van der Waals surface area contributed by atoms with E-state index in [1.807, 2.05) is 13.8 Å². The third-order valence-corrected chi connectivity index (χ3v) is 2.38. The van der Waals surface area contributed by atoms with Crippen LogP contribution < -0.4 is 5.73 Å². The lowest BCUT2D eigenvalue weighted by atomic mass is 10.1. The van der Waals surface area contributed by atoms with Gasteiger partial charge in [0.25, 0.3) is 0 Å². The molecule has 0 spiro atoms. The second-order valence-corrected chi connectivity index (χ2v) is 4.52. The summed E-state index contributed by atoms with van der Waals surface area (Å²) in [7, 11) is 0. The van der Waals surface area contributed by atoms with Crippen LogP contribution in [-0.2, 0) is 11.2 Å². The molecular formula is C12H17ClFNO. The predicted octanol–water partition coefficient (Wildman–Crippen LogP) is 2.77. The van der Waals surface area contributed by atoms with Crippen LogP contribution in [0.2, 0.25) is 5.02 Å². The van der Waals surface area contributed by atoms with E-state index in [4.69, 9.17) is 22.1 Å². The van der Waals surface area contributed by atoms with Crippen molar-refractivity contribution in [3.63, 3.8) is 0 Å². The zero-order chi connectivity index (χ0) is 12.1. The SMILES string of the molecule is CC(C)OCC(N)Cc1ccc(Cl)cc1F. The summed E-state index contributed by atoms with van der Waals surface area (Å²) >= 11 is 5.66. The number of rotatable bonds is 5. The van der Waals surface area contributed by atoms with Crippen LogP contribution in [0.15, 0.2) is 18.2 Å². The Morgan fingerprint density at radius 2 is 2.12 bits per heavy atom. The highest BCUT2D eigenvalue weighted by atomic mass is 35.5. The summed E-state index contributed by atoms with van der Waals surface area (Å²) in [6.07, 6.45) is 0.594. The van der Waals surface area contributed by atoms with Crippen LogP contribution in [0.1, 0.15) is 19.4 Å². The summed E-state index contributed by atoms with van der Waals surface area (Å²) < 4.78 is 18.8. The Labute approximate surface area is 101 Å². The minimum absolute atomic E-state index is 0.140. The number of hydrogen-bond donors (Lipinski definition) is 1. The normalized spacial score (nSPS) is 13.1. The third kappa shape index (κ3) is 4.47. The van der Waals surface area contributed by atoms with Gasteiger partial charge in [0.05, 0.1) is 12.7 Å². The summed E-state index contributed by atoms with van der Waals surface area (Å²) in [6.45, 7) is 4.31. The van der Waals surface area contributed by atoms with E-state index in [1.54, 1.807) is 12.1 Å². The average Bonchev–Trinajstić information content (AvgIpc) is 2.19. The van der Waals surface area contributed by atoms with Crippen LogP contribution in [-0.4, -0.2) is 18.8 Å². The molecule has 0 saturated carbocycles. The summed E-state index contributed by atoms with van der Waals surface area (Å²) in [6, 6.07) is 4.42. The Bertz CT molecular complexity index is 344. The van der Waals surface area contributed by atoms with E-state index >= 15 is 0 Å². The van der Waals surface area contributed by atoms with Crippen LogP contribution in [0, 0.1) is 5.82 Å². The lowest BCUT2D eigenvalue weighted by Gasteiger charge is -2.14. The first-order valence-corrected chi connectivity index (χ1v) is 5.68. The van der Waals surface area contributed by atoms with Crippen molar-refractivity contribution in [2.45, 2.75) is 32.4 Å². The number of halogens is 2. The molecule has 0 aromatic heterocycles. The smallest absolute Gasteiger partial charge is 0.127 e. The Balaban J connectivity index is 2.52. The molecule has 0 amide bonds. The van der Waals surface area contributed by atoms with Crippen molar-refractivity contribution in [2.75, 3.05) is 6.61 Å². The van der Waals surface area contributed by atoms with E-state index in [2.05, 4.69) is 0 Å². The molecule has 90 valence electrons. The topological polar surface area (TPSA) is 35.2 Å². The Morgan fingerprint density at radius 1 is 1.44 bits per heavy atom. The Morgan fingerprint density at radius 3 is 2.69 bits per heavy atom. The Kier molecular flexibility index (Phi) is 5.19. The first-order chi connectivity index (χ1) is 7.49. The first kappa shape index (κ1) is 13.4. The van der Waals surface area contributed by atoms with E-state index < -0.39 is 0 Å².